The number of hydrogen-bond donors (Lipinski definition) is 0. The summed E-state index contributed by atoms with van der Waals surface area (Å²) in [6.07, 6.45) is 6.37. The Morgan fingerprint density at radius 2 is 1.75 bits per heavy atom. The fourth-order valence-electron chi connectivity index (χ4n) is 4.51. The molecule has 0 atom stereocenters. The Hall–Kier alpha value is -2.85. The van der Waals surface area contributed by atoms with Crippen molar-refractivity contribution >= 4 is 10.8 Å². The Labute approximate surface area is 211 Å². The van der Waals surface area contributed by atoms with Gasteiger partial charge in [-0.3, -0.25) is 0 Å². The van der Waals surface area contributed by atoms with Gasteiger partial charge in [-0.2, -0.15) is 5.26 Å². The standard InChI is InChI=1S/C30H33F2NO3/c1-2-3-4-5-6-15-34-26-19-35-30(36-20-26)24-13-14-27-23(17-24)12-11-22(29(27)32)9-7-21-8-10-25(18-33)28(31)16-21/h8,10-14,16-17,26,30H,2-7,9,15,19-20H2,1H3. The van der Waals surface area contributed by atoms with Gasteiger partial charge in [-0.1, -0.05) is 62.9 Å². The van der Waals surface area contributed by atoms with Gasteiger partial charge in [0.05, 0.1) is 18.8 Å². The van der Waals surface area contributed by atoms with E-state index in [4.69, 9.17) is 19.5 Å². The van der Waals surface area contributed by atoms with E-state index in [9.17, 15) is 4.39 Å². The predicted molar refractivity (Wildman–Crippen MR) is 136 cm³/mol. The molecule has 4 rings (SSSR count). The fraction of sp³-hybridized carbons (Fsp3) is 0.433. The molecule has 0 radical (unpaired) electrons. The third kappa shape index (κ3) is 6.67. The maximum Gasteiger partial charge on any atom is 0.184 e. The number of rotatable bonds is 11. The number of aryl methyl sites for hydroxylation is 2. The first-order valence-electron chi connectivity index (χ1n) is 12.8. The topological polar surface area (TPSA) is 51.5 Å². The molecule has 0 unspecified atom stereocenters. The molecule has 0 spiro atoms. The minimum atomic E-state index is -0.547. The first kappa shape index (κ1) is 26.2. The van der Waals surface area contributed by atoms with Crippen LogP contribution in [-0.4, -0.2) is 25.9 Å². The van der Waals surface area contributed by atoms with E-state index in [0.29, 0.717) is 37.0 Å². The molecule has 1 heterocycles. The molecular weight excluding hydrogens is 460 g/mol. The lowest BCUT2D eigenvalue weighted by Gasteiger charge is -2.29. The van der Waals surface area contributed by atoms with Crippen LogP contribution in [0.25, 0.3) is 10.8 Å². The molecular formula is C30H33F2NO3. The Morgan fingerprint density at radius 3 is 2.50 bits per heavy atom. The summed E-state index contributed by atoms with van der Waals surface area (Å²) in [7, 11) is 0. The van der Waals surface area contributed by atoms with Crippen LogP contribution in [0.3, 0.4) is 0 Å². The molecule has 0 aromatic heterocycles. The lowest BCUT2D eigenvalue weighted by atomic mass is 9.98. The van der Waals surface area contributed by atoms with Crippen LogP contribution in [0.5, 0.6) is 0 Å². The molecule has 6 heteroatoms. The number of ether oxygens (including phenoxy) is 3. The smallest absolute Gasteiger partial charge is 0.184 e. The molecule has 0 N–H and O–H groups in total. The Balaban J connectivity index is 1.32. The van der Waals surface area contributed by atoms with Crippen molar-refractivity contribution in [2.75, 3.05) is 19.8 Å². The zero-order valence-corrected chi connectivity index (χ0v) is 20.8. The van der Waals surface area contributed by atoms with Crippen LogP contribution in [0, 0.1) is 23.0 Å². The molecule has 0 saturated carbocycles. The molecule has 190 valence electrons. The fourth-order valence-corrected chi connectivity index (χ4v) is 4.51. The van der Waals surface area contributed by atoms with Gasteiger partial charge in [0.1, 0.15) is 23.8 Å². The minimum Gasteiger partial charge on any atom is -0.373 e. The Kier molecular flexibility index (Phi) is 9.41. The minimum absolute atomic E-state index is 0.0122. The van der Waals surface area contributed by atoms with E-state index in [-0.39, 0.29) is 17.5 Å². The van der Waals surface area contributed by atoms with Gasteiger partial charge < -0.3 is 14.2 Å². The van der Waals surface area contributed by atoms with Gasteiger partial charge in [-0.25, -0.2) is 8.78 Å². The highest BCUT2D eigenvalue weighted by Crippen LogP contribution is 2.29. The molecule has 4 nitrogen and oxygen atoms in total. The van der Waals surface area contributed by atoms with Crippen molar-refractivity contribution in [1.82, 2.24) is 0 Å². The van der Waals surface area contributed by atoms with E-state index in [2.05, 4.69) is 6.92 Å². The van der Waals surface area contributed by atoms with Crippen LogP contribution in [-0.2, 0) is 27.1 Å². The normalized spacial score (nSPS) is 17.8. The van der Waals surface area contributed by atoms with Gasteiger partial charge in [0.15, 0.2) is 6.29 Å². The van der Waals surface area contributed by atoms with Gasteiger partial charge in [-0.15, -0.1) is 0 Å². The van der Waals surface area contributed by atoms with Crippen LogP contribution >= 0.6 is 0 Å². The Bertz CT molecular complexity index is 1200. The molecule has 3 aromatic rings. The molecule has 1 fully saturated rings. The van der Waals surface area contributed by atoms with Crippen molar-refractivity contribution in [3.63, 3.8) is 0 Å². The number of benzene rings is 3. The summed E-state index contributed by atoms with van der Waals surface area (Å²) >= 11 is 0. The second-order valence-electron chi connectivity index (χ2n) is 9.35. The summed E-state index contributed by atoms with van der Waals surface area (Å²) in [4.78, 5) is 0. The van der Waals surface area contributed by atoms with Crippen LogP contribution in [0.2, 0.25) is 0 Å². The number of nitriles is 1. The summed E-state index contributed by atoms with van der Waals surface area (Å²) in [5, 5.41) is 10.2. The number of unbranched alkanes of at least 4 members (excludes halogenated alkanes) is 4. The van der Waals surface area contributed by atoms with Gasteiger partial charge in [0.25, 0.3) is 0 Å². The van der Waals surface area contributed by atoms with Crippen LogP contribution < -0.4 is 0 Å². The molecule has 36 heavy (non-hydrogen) atoms. The SMILES string of the molecule is CCCCCCCOC1COC(c2ccc3c(F)c(CCc4ccc(C#N)c(F)c4)ccc3c2)OC1. The van der Waals surface area contributed by atoms with Crippen molar-refractivity contribution in [3.8, 4) is 6.07 Å². The summed E-state index contributed by atoms with van der Waals surface area (Å²) in [6, 6.07) is 15.5. The van der Waals surface area contributed by atoms with Crippen LogP contribution in [0.4, 0.5) is 8.78 Å². The molecule has 0 aliphatic carbocycles. The average Bonchev–Trinajstić information content (AvgIpc) is 2.90. The summed E-state index contributed by atoms with van der Waals surface area (Å²) in [5.74, 6) is -0.819. The third-order valence-electron chi connectivity index (χ3n) is 6.64. The van der Waals surface area contributed by atoms with Crippen molar-refractivity contribution in [2.24, 2.45) is 0 Å². The van der Waals surface area contributed by atoms with E-state index in [1.807, 2.05) is 24.3 Å². The molecule has 0 bridgehead atoms. The van der Waals surface area contributed by atoms with Crippen LogP contribution in [0.1, 0.15) is 67.6 Å². The number of hydrogen-bond acceptors (Lipinski definition) is 4. The lowest BCUT2D eigenvalue weighted by Crippen LogP contribution is -2.33. The molecule has 3 aromatic carbocycles. The van der Waals surface area contributed by atoms with E-state index < -0.39 is 12.1 Å². The zero-order valence-electron chi connectivity index (χ0n) is 20.8. The van der Waals surface area contributed by atoms with Gasteiger partial charge in [0, 0.05) is 17.6 Å². The van der Waals surface area contributed by atoms with E-state index in [1.165, 1.54) is 37.8 Å². The summed E-state index contributed by atoms with van der Waals surface area (Å²) in [6.45, 7) is 3.88. The van der Waals surface area contributed by atoms with Gasteiger partial charge in [-0.05, 0) is 54.0 Å². The molecule has 1 saturated heterocycles. The predicted octanol–water partition coefficient (Wildman–Crippen LogP) is 7.18. The van der Waals surface area contributed by atoms with E-state index in [1.54, 1.807) is 18.2 Å². The molecule has 1 aliphatic rings. The highest BCUT2D eigenvalue weighted by atomic mass is 19.1. The quantitative estimate of drug-likeness (QED) is 0.266. The number of fused-ring (bicyclic) bond motifs is 1. The second kappa shape index (κ2) is 12.9. The van der Waals surface area contributed by atoms with Gasteiger partial charge in [0.2, 0.25) is 0 Å². The maximum atomic E-state index is 15.2. The zero-order chi connectivity index (χ0) is 25.3. The number of nitrogens with zero attached hydrogens (tertiary/aromatic N) is 1. The summed E-state index contributed by atoms with van der Waals surface area (Å²) in [5.41, 5.74) is 2.16. The van der Waals surface area contributed by atoms with E-state index >= 15 is 4.39 Å². The third-order valence-corrected chi connectivity index (χ3v) is 6.64. The van der Waals surface area contributed by atoms with E-state index in [0.717, 1.165) is 29.5 Å². The molecule has 0 amide bonds. The monoisotopic (exact) mass is 493 g/mol. The summed E-state index contributed by atoms with van der Waals surface area (Å²) < 4.78 is 46.8. The van der Waals surface area contributed by atoms with Crippen molar-refractivity contribution in [2.45, 2.75) is 64.3 Å². The number of halogens is 2. The van der Waals surface area contributed by atoms with Crippen molar-refractivity contribution in [3.05, 3.63) is 82.4 Å². The second-order valence-corrected chi connectivity index (χ2v) is 9.35. The van der Waals surface area contributed by atoms with Crippen LogP contribution in [0.15, 0.2) is 48.5 Å². The average molecular weight is 494 g/mol. The first-order chi connectivity index (χ1) is 17.6. The Morgan fingerprint density at radius 1 is 0.944 bits per heavy atom. The maximum absolute atomic E-state index is 15.2. The largest absolute Gasteiger partial charge is 0.373 e. The first-order valence-corrected chi connectivity index (χ1v) is 12.8. The highest BCUT2D eigenvalue weighted by Gasteiger charge is 2.24. The highest BCUT2D eigenvalue weighted by molar-refractivity contribution is 5.84. The van der Waals surface area contributed by atoms with Crippen molar-refractivity contribution < 1.29 is 23.0 Å². The molecule has 1 aliphatic heterocycles. The van der Waals surface area contributed by atoms with Gasteiger partial charge >= 0.3 is 0 Å². The van der Waals surface area contributed by atoms with Crippen molar-refractivity contribution in [1.29, 1.82) is 5.26 Å². The lowest BCUT2D eigenvalue weighted by molar-refractivity contribution is -0.230.